The van der Waals surface area contributed by atoms with E-state index in [0.717, 1.165) is 17.7 Å². The van der Waals surface area contributed by atoms with E-state index in [4.69, 9.17) is 0 Å². The number of alkyl halides is 2. The molecule has 0 radical (unpaired) electrons. The van der Waals surface area contributed by atoms with Gasteiger partial charge in [-0.1, -0.05) is 24.3 Å². The van der Waals surface area contributed by atoms with E-state index in [1.165, 1.54) is 24.3 Å². The summed E-state index contributed by atoms with van der Waals surface area (Å²) < 4.78 is 28.7. The molecule has 0 bridgehead atoms. The third-order valence-electron chi connectivity index (χ3n) is 3.91. The van der Waals surface area contributed by atoms with Crippen LogP contribution in [-0.4, -0.2) is 31.5 Å². The zero-order valence-corrected chi connectivity index (χ0v) is 13.2. The van der Waals surface area contributed by atoms with Gasteiger partial charge in [0.05, 0.1) is 6.54 Å². The zero-order chi connectivity index (χ0) is 17.8. The Kier molecular flexibility index (Phi) is 4.92. The number of nitrogens with zero attached hydrogens (tertiary/aromatic N) is 1. The smallest absolute Gasteiger partial charge is 0.387 e. The summed E-state index contributed by atoms with van der Waals surface area (Å²) in [6, 6.07) is 13.0. The summed E-state index contributed by atoms with van der Waals surface area (Å²) in [5.41, 5.74) is 2.10. The lowest BCUT2D eigenvalue weighted by atomic mass is 10.2. The van der Waals surface area contributed by atoms with E-state index in [0.29, 0.717) is 6.54 Å². The monoisotopic (exact) mass is 346 g/mol. The molecule has 0 aliphatic carbocycles. The van der Waals surface area contributed by atoms with Gasteiger partial charge in [-0.15, -0.1) is 0 Å². The van der Waals surface area contributed by atoms with Crippen LogP contribution in [0.4, 0.5) is 14.5 Å². The van der Waals surface area contributed by atoms with Gasteiger partial charge in [0.25, 0.3) is 5.91 Å². The van der Waals surface area contributed by atoms with Gasteiger partial charge in [-0.2, -0.15) is 8.78 Å². The fourth-order valence-electron chi connectivity index (χ4n) is 2.76. The average molecular weight is 346 g/mol. The molecule has 130 valence electrons. The third kappa shape index (κ3) is 3.93. The molecule has 0 aromatic heterocycles. The molecule has 5 nitrogen and oxygen atoms in total. The zero-order valence-electron chi connectivity index (χ0n) is 13.2. The van der Waals surface area contributed by atoms with Crippen molar-refractivity contribution in [2.45, 2.75) is 13.0 Å². The maximum absolute atomic E-state index is 12.3. The van der Waals surface area contributed by atoms with Crippen molar-refractivity contribution in [1.29, 1.82) is 0 Å². The van der Waals surface area contributed by atoms with E-state index in [1.54, 1.807) is 4.90 Å². The standard InChI is InChI=1S/C18H16F2N2O3/c19-18(20)25-14-6-3-5-13(10-14)17(24)21-11-16(23)22-9-8-12-4-1-2-7-15(12)22/h1-7,10,18H,8-9,11H2,(H,21,24). The minimum Gasteiger partial charge on any atom is -0.435 e. The Balaban J connectivity index is 1.60. The predicted molar refractivity (Wildman–Crippen MR) is 87.9 cm³/mol. The second-order valence-corrected chi connectivity index (χ2v) is 5.51. The largest absolute Gasteiger partial charge is 0.435 e. The van der Waals surface area contributed by atoms with Crippen molar-refractivity contribution < 1.29 is 23.1 Å². The van der Waals surface area contributed by atoms with Crippen molar-refractivity contribution in [2.75, 3.05) is 18.0 Å². The SMILES string of the molecule is O=C(NCC(=O)N1CCc2ccccc21)c1cccc(OC(F)F)c1. The van der Waals surface area contributed by atoms with Crippen LogP contribution in [0.3, 0.4) is 0 Å². The van der Waals surface area contributed by atoms with Crippen molar-refractivity contribution in [3.63, 3.8) is 0 Å². The van der Waals surface area contributed by atoms with Crippen LogP contribution < -0.4 is 15.0 Å². The number of benzene rings is 2. The first-order valence-corrected chi connectivity index (χ1v) is 7.76. The van der Waals surface area contributed by atoms with Gasteiger partial charge < -0.3 is 15.0 Å². The molecule has 3 rings (SSSR count). The number of carbonyl (C=O) groups is 2. The molecule has 2 aromatic rings. The highest BCUT2D eigenvalue weighted by Gasteiger charge is 2.24. The highest BCUT2D eigenvalue weighted by Crippen LogP contribution is 2.27. The van der Waals surface area contributed by atoms with E-state index in [-0.39, 0.29) is 23.8 Å². The fourth-order valence-corrected chi connectivity index (χ4v) is 2.76. The van der Waals surface area contributed by atoms with Gasteiger partial charge in [0.1, 0.15) is 5.75 Å². The van der Waals surface area contributed by atoms with Crippen LogP contribution in [0.1, 0.15) is 15.9 Å². The molecule has 25 heavy (non-hydrogen) atoms. The lowest BCUT2D eigenvalue weighted by molar-refractivity contribution is -0.117. The Morgan fingerprint density at radius 2 is 1.96 bits per heavy atom. The van der Waals surface area contributed by atoms with E-state index in [9.17, 15) is 18.4 Å². The van der Waals surface area contributed by atoms with Crippen molar-refractivity contribution in [1.82, 2.24) is 5.32 Å². The van der Waals surface area contributed by atoms with E-state index >= 15 is 0 Å². The van der Waals surface area contributed by atoms with Crippen LogP contribution in [0.5, 0.6) is 5.75 Å². The molecule has 7 heteroatoms. The topological polar surface area (TPSA) is 58.6 Å². The van der Waals surface area contributed by atoms with Gasteiger partial charge in [0.15, 0.2) is 0 Å². The van der Waals surface area contributed by atoms with Gasteiger partial charge in [-0.3, -0.25) is 9.59 Å². The van der Waals surface area contributed by atoms with Crippen LogP contribution >= 0.6 is 0 Å². The van der Waals surface area contributed by atoms with E-state index < -0.39 is 12.5 Å². The summed E-state index contributed by atoms with van der Waals surface area (Å²) in [6.07, 6.45) is 0.781. The van der Waals surface area contributed by atoms with Crippen LogP contribution in [0.25, 0.3) is 0 Å². The number of carbonyl (C=O) groups excluding carboxylic acids is 2. The Morgan fingerprint density at radius 1 is 1.16 bits per heavy atom. The van der Waals surface area contributed by atoms with Crippen LogP contribution in [-0.2, 0) is 11.2 Å². The molecule has 0 unspecified atom stereocenters. The molecule has 2 aromatic carbocycles. The number of fused-ring (bicyclic) bond motifs is 1. The van der Waals surface area contributed by atoms with Crippen molar-refractivity contribution in [2.24, 2.45) is 0 Å². The van der Waals surface area contributed by atoms with Crippen LogP contribution in [0.15, 0.2) is 48.5 Å². The molecular weight excluding hydrogens is 330 g/mol. The van der Waals surface area contributed by atoms with Crippen LogP contribution in [0.2, 0.25) is 0 Å². The Hall–Kier alpha value is -2.96. The van der Waals surface area contributed by atoms with Crippen molar-refractivity contribution in [3.05, 3.63) is 59.7 Å². The first kappa shape index (κ1) is 16.9. The molecule has 1 heterocycles. The predicted octanol–water partition coefficient (Wildman–Crippen LogP) is 2.61. The second-order valence-electron chi connectivity index (χ2n) is 5.51. The molecule has 0 atom stereocenters. The van der Waals surface area contributed by atoms with E-state index in [1.807, 2.05) is 24.3 Å². The number of nitrogens with one attached hydrogen (secondary N) is 1. The van der Waals surface area contributed by atoms with E-state index in [2.05, 4.69) is 10.1 Å². The number of rotatable bonds is 5. The molecule has 0 spiro atoms. The molecule has 1 N–H and O–H groups in total. The van der Waals surface area contributed by atoms with Crippen molar-refractivity contribution in [3.8, 4) is 5.75 Å². The summed E-state index contributed by atoms with van der Waals surface area (Å²) in [5, 5.41) is 2.51. The lowest BCUT2D eigenvalue weighted by Crippen LogP contribution is -2.39. The Labute approximate surface area is 143 Å². The maximum Gasteiger partial charge on any atom is 0.387 e. The van der Waals surface area contributed by atoms with Gasteiger partial charge in [-0.05, 0) is 36.2 Å². The Morgan fingerprint density at radius 3 is 2.76 bits per heavy atom. The summed E-state index contributed by atoms with van der Waals surface area (Å²) in [7, 11) is 0. The van der Waals surface area contributed by atoms with Gasteiger partial charge in [0.2, 0.25) is 5.91 Å². The molecule has 0 saturated carbocycles. The number of ether oxygens (including phenoxy) is 1. The molecule has 0 fully saturated rings. The quantitative estimate of drug-likeness (QED) is 0.905. The van der Waals surface area contributed by atoms with Crippen molar-refractivity contribution >= 4 is 17.5 Å². The van der Waals surface area contributed by atoms with Gasteiger partial charge in [-0.25, -0.2) is 0 Å². The molecular formula is C18H16F2N2O3. The number of para-hydroxylation sites is 1. The highest BCUT2D eigenvalue weighted by molar-refractivity contribution is 6.01. The molecule has 0 saturated heterocycles. The number of hydrogen-bond acceptors (Lipinski definition) is 3. The number of halogens is 2. The molecule has 2 amide bonds. The number of hydrogen-bond donors (Lipinski definition) is 1. The molecule has 1 aliphatic rings. The number of anilines is 1. The summed E-state index contributed by atoms with van der Waals surface area (Å²) in [5.74, 6) is -0.860. The lowest BCUT2D eigenvalue weighted by Gasteiger charge is -2.17. The minimum atomic E-state index is -2.96. The van der Waals surface area contributed by atoms with Crippen LogP contribution in [0, 0.1) is 0 Å². The average Bonchev–Trinajstić information content (AvgIpc) is 3.03. The summed E-state index contributed by atoms with van der Waals surface area (Å²) >= 11 is 0. The fraction of sp³-hybridized carbons (Fsp3) is 0.222. The minimum absolute atomic E-state index is 0.109. The van der Waals surface area contributed by atoms with Gasteiger partial charge in [0, 0.05) is 17.8 Å². The Bertz CT molecular complexity index is 795. The maximum atomic E-state index is 12.3. The van der Waals surface area contributed by atoms with Gasteiger partial charge >= 0.3 is 6.61 Å². The summed E-state index contributed by atoms with van der Waals surface area (Å²) in [6.45, 7) is -2.56. The number of amides is 2. The third-order valence-corrected chi connectivity index (χ3v) is 3.91. The summed E-state index contributed by atoms with van der Waals surface area (Å²) in [4.78, 5) is 26.1. The second kappa shape index (κ2) is 7.29. The highest BCUT2D eigenvalue weighted by atomic mass is 19.3. The first-order valence-electron chi connectivity index (χ1n) is 7.76. The molecule has 1 aliphatic heterocycles. The normalized spacial score (nSPS) is 12.8. The first-order chi connectivity index (χ1) is 12.0.